The molecule has 1 heteroatoms. The van der Waals surface area contributed by atoms with Crippen molar-refractivity contribution in [3.63, 3.8) is 0 Å². The lowest BCUT2D eigenvalue weighted by Crippen LogP contribution is -2.43. The summed E-state index contributed by atoms with van der Waals surface area (Å²) >= 11 is 0. The van der Waals surface area contributed by atoms with Gasteiger partial charge in [-0.2, -0.15) is 0 Å². The molecule has 1 unspecified atom stereocenters. The van der Waals surface area contributed by atoms with Gasteiger partial charge in [-0.3, -0.25) is 0 Å². The zero-order chi connectivity index (χ0) is 9.86. The molecule has 1 aliphatic heterocycles. The highest BCUT2D eigenvalue weighted by Crippen LogP contribution is 2.45. The van der Waals surface area contributed by atoms with Gasteiger partial charge in [0.15, 0.2) is 0 Å². The van der Waals surface area contributed by atoms with Gasteiger partial charge in [0.25, 0.3) is 0 Å². The summed E-state index contributed by atoms with van der Waals surface area (Å²) in [6.07, 6.45) is 13.1. The second kappa shape index (κ2) is 4.65. The Hall–Kier alpha value is -0.0400. The number of hydrogen-bond donors (Lipinski definition) is 1. The molecular formula is C13H25N. The number of nitrogens with one attached hydrogen (secondary N) is 1. The molecule has 0 aromatic carbocycles. The van der Waals surface area contributed by atoms with Gasteiger partial charge < -0.3 is 5.32 Å². The lowest BCUT2D eigenvalue weighted by molar-refractivity contribution is 0.181. The van der Waals surface area contributed by atoms with Crippen LogP contribution in [0.25, 0.3) is 0 Å². The highest BCUT2D eigenvalue weighted by atomic mass is 14.9. The third kappa shape index (κ3) is 1.98. The Bertz CT molecular complexity index is 162. The van der Waals surface area contributed by atoms with E-state index in [1.807, 2.05) is 0 Å². The number of hydrogen-bond acceptors (Lipinski definition) is 1. The summed E-state index contributed by atoms with van der Waals surface area (Å²) in [4.78, 5) is 0. The first-order valence-electron chi connectivity index (χ1n) is 6.61. The molecule has 2 rings (SSSR count). The van der Waals surface area contributed by atoms with Crippen molar-refractivity contribution in [2.75, 3.05) is 6.54 Å². The minimum atomic E-state index is 0.685. The van der Waals surface area contributed by atoms with E-state index < -0.39 is 0 Å². The van der Waals surface area contributed by atoms with Gasteiger partial charge in [0.1, 0.15) is 0 Å². The summed E-state index contributed by atoms with van der Waals surface area (Å²) in [6, 6.07) is 0.845. The summed E-state index contributed by atoms with van der Waals surface area (Å²) < 4.78 is 0. The maximum absolute atomic E-state index is 3.82. The van der Waals surface area contributed by atoms with Crippen LogP contribution in [0.2, 0.25) is 0 Å². The standard InChI is InChI=1S/C13H25N/c1-2-13(9-5-6-10-13)12-8-4-3-7-11-14-12/h12,14H,2-11H2,1H3. The highest BCUT2D eigenvalue weighted by Gasteiger charge is 2.39. The fraction of sp³-hybridized carbons (Fsp3) is 1.00. The Kier molecular flexibility index (Phi) is 3.48. The molecule has 1 N–H and O–H groups in total. The van der Waals surface area contributed by atoms with Crippen LogP contribution in [0.1, 0.15) is 64.7 Å². The van der Waals surface area contributed by atoms with Crippen molar-refractivity contribution in [1.29, 1.82) is 0 Å². The molecule has 0 spiro atoms. The summed E-state index contributed by atoms with van der Waals surface area (Å²) in [5.74, 6) is 0. The van der Waals surface area contributed by atoms with Crippen molar-refractivity contribution in [2.45, 2.75) is 70.8 Å². The van der Waals surface area contributed by atoms with Crippen LogP contribution in [0.4, 0.5) is 0 Å². The van der Waals surface area contributed by atoms with Crippen LogP contribution in [0.15, 0.2) is 0 Å². The van der Waals surface area contributed by atoms with Crippen molar-refractivity contribution >= 4 is 0 Å². The van der Waals surface area contributed by atoms with Crippen molar-refractivity contribution in [3.8, 4) is 0 Å². The van der Waals surface area contributed by atoms with Crippen LogP contribution in [-0.2, 0) is 0 Å². The van der Waals surface area contributed by atoms with E-state index in [1.54, 1.807) is 0 Å². The monoisotopic (exact) mass is 195 g/mol. The SMILES string of the molecule is CCC1(C2CCCCCN2)CCCC1. The average molecular weight is 195 g/mol. The largest absolute Gasteiger partial charge is 0.313 e. The fourth-order valence-electron chi connectivity index (χ4n) is 3.58. The Morgan fingerprint density at radius 1 is 1.07 bits per heavy atom. The second-order valence-corrected chi connectivity index (χ2v) is 5.28. The van der Waals surface area contributed by atoms with E-state index in [0.29, 0.717) is 5.41 Å². The number of rotatable bonds is 2. The minimum Gasteiger partial charge on any atom is -0.313 e. The molecule has 2 fully saturated rings. The van der Waals surface area contributed by atoms with Gasteiger partial charge in [-0.15, -0.1) is 0 Å². The normalized spacial score (nSPS) is 32.8. The molecule has 0 bridgehead atoms. The minimum absolute atomic E-state index is 0.685. The van der Waals surface area contributed by atoms with Crippen molar-refractivity contribution < 1.29 is 0 Å². The van der Waals surface area contributed by atoms with Crippen LogP contribution in [0, 0.1) is 5.41 Å². The summed E-state index contributed by atoms with van der Waals surface area (Å²) in [5.41, 5.74) is 0.685. The van der Waals surface area contributed by atoms with Gasteiger partial charge in [-0.05, 0) is 44.1 Å². The van der Waals surface area contributed by atoms with Gasteiger partial charge in [0, 0.05) is 6.04 Å². The van der Waals surface area contributed by atoms with E-state index in [0.717, 1.165) is 6.04 Å². The first kappa shape index (κ1) is 10.5. The van der Waals surface area contributed by atoms with Crippen molar-refractivity contribution in [1.82, 2.24) is 5.32 Å². The lowest BCUT2D eigenvalue weighted by Gasteiger charge is -2.37. The first-order chi connectivity index (χ1) is 6.87. The van der Waals surface area contributed by atoms with Gasteiger partial charge in [0.05, 0.1) is 0 Å². The molecule has 0 aromatic rings. The zero-order valence-electron chi connectivity index (χ0n) is 9.65. The molecule has 0 aromatic heterocycles. The van der Waals surface area contributed by atoms with Crippen LogP contribution in [-0.4, -0.2) is 12.6 Å². The molecule has 14 heavy (non-hydrogen) atoms. The molecule has 0 amide bonds. The molecule has 1 saturated heterocycles. The smallest absolute Gasteiger partial charge is 0.0123 e. The molecule has 1 atom stereocenters. The average Bonchev–Trinajstić information content (AvgIpc) is 2.54. The Balaban J connectivity index is 2.01. The van der Waals surface area contributed by atoms with E-state index >= 15 is 0 Å². The van der Waals surface area contributed by atoms with Gasteiger partial charge in [0.2, 0.25) is 0 Å². The molecule has 1 heterocycles. The van der Waals surface area contributed by atoms with Crippen LogP contribution < -0.4 is 5.32 Å². The first-order valence-corrected chi connectivity index (χ1v) is 6.61. The highest BCUT2D eigenvalue weighted by molar-refractivity contribution is 4.94. The molecule has 1 saturated carbocycles. The summed E-state index contributed by atoms with van der Waals surface area (Å²) in [5, 5.41) is 3.82. The quantitative estimate of drug-likeness (QED) is 0.711. The molecule has 2 aliphatic rings. The topological polar surface area (TPSA) is 12.0 Å². The van der Waals surface area contributed by atoms with Gasteiger partial charge in [-0.25, -0.2) is 0 Å². The van der Waals surface area contributed by atoms with Gasteiger partial charge >= 0.3 is 0 Å². The van der Waals surface area contributed by atoms with E-state index in [2.05, 4.69) is 12.2 Å². The van der Waals surface area contributed by atoms with E-state index in [1.165, 1.54) is 64.3 Å². The lowest BCUT2D eigenvalue weighted by atomic mass is 9.74. The predicted molar refractivity (Wildman–Crippen MR) is 61.5 cm³/mol. The summed E-state index contributed by atoms with van der Waals surface area (Å²) in [7, 11) is 0. The fourth-order valence-corrected chi connectivity index (χ4v) is 3.58. The van der Waals surface area contributed by atoms with E-state index in [9.17, 15) is 0 Å². The summed E-state index contributed by atoms with van der Waals surface area (Å²) in [6.45, 7) is 3.67. The molecule has 1 aliphatic carbocycles. The van der Waals surface area contributed by atoms with Gasteiger partial charge in [-0.1, -0.05) is 32.6 Å². The van der Waals surface area contributed by atoms with Crippen LogP contribution >= 0.6 is 0 Å². The second-order valence-electron chi connectivity index (χ2n) is 5.28. The maximum atomic E-state index is 3.82. The van der Waals surface area contributed by atoms with E-state index in [-0.39, 0.29) is 0 Å². The Morgan fingerprint density at radius 3 is 2.57 bits per heavy atom. The maximum Gasteiger partial charge on any atom is 0.0123 e. The van der Waals surface area contributed by atoms with Crippen molar-refractivity contribution in [3.05, 3.63) is 0 Å². The zero-order valence-corrected chi connectivity index (χ0v) is 9.65. The predicted octanol–water partition coefficient (Wildman–Crippen LogP) is 3.49. The van der Waals surface area contributed by atoms with Crippen LogP contribution in [0.3, 0.4) is 0 Å². The molecular weight excluding hydrogens is 170 g/mol. The third-order valence-electron chi connectivity index (χ3n) is 4.60. The third-order valence-corrected chi connectivity index (χ3v) is 4.60. The Morgan fingerprint density at radius 2 is 1.86 bits per heavy atom. The van der Waals surface area contributed by atoms with E-state index in [4.69, 9.17) is 0 Å². The van der Waals surface area contributed by atoms with Crippen LogP contribution in [0.5, 0.6) is 0 Å². The van der Waals surface area contributed by atoms with Crippen molar-refractivity contribution in [2.24, 2.45) is 5.41 Å². The molecule has 0 radical (unpaired) electrons. The molecule has 1 nitrogen and oxygen atoms in total. The molecule has 82 valence electrons. The Labute approximate surface area is 88.7 Å².